The first kappa shape index (κ1) is 15.5. The predicted molar refractivity (Wildman–Crippen MR) is 87.8 cm³/mol. The molecule has 22 heavy (non-hydrogen) atoms. The van der Waals surface area contributed by atoms with E-state index in [0.717, 1.165) is 29.5 Å². The lowest BCUT2D eigenvalue weighted by atomic mass is 10.2. The molecule has 116 valence electrons. The summed E-state index contributed by atoms with van der Waals surface area (Å²) in [6, 6.07) is 7.58. The van der Waals surface area contributed by atoms with Crippen LogP contribution < -0.4 is 10.6 Å². The van der Waals surface area contributed by atoms with Gasteiger partial charge >= 0.3 is 0 Å². The highest BCUT2D eigenvalue weighted by molar-refractivity contribution is 9.10. The third kappa shape index (κ3) is 4.08. The van der Waals surface area contributed by atoms with Gasteiger partial charge in [0, 0.05) is 10.2 Å². The van der Waals surface area contributed by atoms with E-state index in [4.69, 9.17) is 4.42 Å². The Labute approximate surface area is 140 Å². The van der Waals surface area contributed by atoms with Gasteiger partial charge in [-0.05, 0) is 43.7 Å². The molecule has 1 aliphatic heterocycles. The van der Waals surface area contributed by atoms with E-state index < -0.39 is 0 Å². The Balaban J connectivity index is 1.49. The summed E-state index contributed by atoms with van der Waals surface area (Å²) >= 11 is 4.59. The Morgan fingerprint density at radius 3 is 2.95 bits per heavy atom. The standard InChI is InChI=1S/C14H15BrN4O2S/c15-9-3-5-10(6-4-9)17-12(20)8-22-14-19-18-13(21-14)11-2-1-7-16-11/h3-6,11,16H,1-2,7-8H2,(H,17,20)/t11-/m0/s1. The van der Waals surface area contributed by atoms with Crippen molar-refractivity contribution in [1.82, 2.24) is 15.5 Å². The van der Waals surface area contributed by atoms with Crippen LogP contribution in [0.4, 0.5) is 5.69 Å². The van der Waals surface area contributed by atoms with Crippen LogP contribution in [-0.4, -0.2) is 28.4 Å². The number of nitrogens with zero attached hydrogens (tertiary/aromatic N) is 2. The number of halogens is 1. The maximum Gasteiger partial charge on any atom is 0.277 e. The monoisotopic (exact) mass is 382 g/mol. The fraction of sp³-hybridized carbons (Fsp3) is 0.357. The number of rotatable bonds is 5. The third-order valence-corrected chi connectivity index (χ3v) is 4.58. The second kappa shape index (κ2) is 7.26. The molecule has 0 saturated carbocycles. The molecular formula is C14H15BrN4O2S. The lowest BCUT2D eigenvalue weighted by Gasteiger charge is -2.04. The van der Waals surface area contributed by atoms with Crippen LogP contribution in [0.3, 0.4) is 0 Å². The van der Waals surface area contributed by atoms with E-state index >= 15 is 0 Å². The third-order valence-electron chi connectivity index (χ3n) is 3.24. The quantitative estimate of drug-likeness (QED) is 0.773. The Morgan fingerprint density at radius 2 is 2.23 bits per heavy atom. The van der Waals surface area contributed by atoms with Gasteiger partial charge in [0.25, 0.3) is 5.22 Å². The normalized spacial score (nSPS) is 17.6. The number of benzene rings is 1. The molecule has 1 atom stereocenters. The topological polar surface area (TPSA) is 80.1 Å². The fourth-order valence-electron chi connectivity index (χ4n) is 2.17. The van der Waals surface area contributed by atoms with Gasteiger partial charge in [-0.25, -0.2) is 0 Å². The Kier molecular flexibility index (Phi) is 5.12. The minimum absolute atomic E-state index is 0.105. The van der Waals surface area contributed by atoms with Crippen molar-refractivity contribution >= 4 is 39.3 Å². The molecule has 1 saturated heterocycles. The van der Waals surface area contributed by atoms with Crippen molar-refractivity contribution in [3.8, 4) is 0 Å². The van der Waals surface area contributed by atoms with Crippen LogP contribution in [0.15, 0.2) is 38.4 Å². The SMILES string of the molecule is O=C(CSc1nnc([C@@H]2CCCN2)o1)Nc1ccc(Br)cc1. The van der Waals surface area contributed by atoms with Crippen molar-refractivity contribution < 1.29 is 9.21 Å². The predicted octanol–water partition coefficient (Wildman–Crippen LogP) is 2.99. The summed E-state index contributed by atoms with van der Waals surface area (Å²) in [7, 11) is 0. The fourth-order valence-corrected chi connectivity index (χ4v) is 3.01. The van der Waals surface area contributed by atoms with Gasteiger partial charge in [0.05, 0.1) is 11.8 Å². The average molecular weight is 383 g/mol. The lowest BCUT2D eigenvalue weighted by molar-refractivity contribution is -0.113. The smallest absolute Gasteiger partial charge is 0.277 e. The Bertz CT molecular complexity index is 641. The summed E-state index contributed by atoms with van der Waals surface area (Å²) in [6.07, 6.45) is 2.13. The molecule has 1 fully saturated rings. The largest absolute Gasteiger partial charge is 0.414 e. The molecule has 1 amide bonds. The summed E-state index contributed by atoms with van der Waals surface area (Å²) in [5.74, 6) is 0.731. The van der Waals surface area contributed by atoms with Crippen LogP contribution >= 0.6 is 27.7 Å². The maximum atomic E-state index is 11.9. The zero-order valence-corrected chi connectivity index (χ0v) is 14.1. The molecule has 1 aromatic heterocycles. The van der Waals surface area contributed by atoms with Crippen molar-refractivity contribution in [2.75, 3.05) is 17.6 Å². The number of carbonyl (C=O) groups excluding carboxylic acids is 1. The van der Waals surface area contributed by atoms with E-state index in [1.54, 1.807) is 0 Å². The number of amides is 1. The molecule has 2 N–H and O–H groups in total. The van der Waals surface area contributed by atoms with Gasteiger partial charge in [-0.2, -0.15) is 0 Å². The highest BCUT2D eigenvalue weighted by atomic mass is 79.9. The van der Waals surface area contributed by atoms with E-state index in [9.17, 15) is 4.79 Å². The highest BCUT2D eigenvalue weighted by Gasteiger charge is 2.22. The molecule has 6 nitrogen and oxygen atoms in total. The minimum atomic E-state index is -0.105. The van der Waals surface area contributed by atoms with Crippen LogP contribution in [0.2, 0.25) is 0 Å². The molecule has 2 aromatic rings. The molecule has 0 aliphatic carbocycles. The molecule has 2 heterocycles. The number of carbonyl (C=O) groups is 1. The average Bonchev–Trinajstić information content (AvgIpc) is 3.18. The van der Waals surface area contributed by atoms with Gasteiger partial charge < -0.3 is 15.1 Å². The zero-order valence-electron chi connectivity index (χ0n) is 11.7. The van der Waals surface area contributed by atoms with E-state index in [-0.39, 0.29) is 17.7 Å². The number of thioether (sulfide) groups is 1. The molecule has 1 aromatic carbocycles. The first-order valence-corrected chi connectivity index (χ1v) is 8.73. The van der Waals surface area contributed by atoms with Gasteiger partial charge in [-0.15, -0.1) is 10.2 Å². The Morgan fingerprint density at radius 1 is 1.41 bits per heavy atom. The van der Waals surface area contributed by atoms with Gasteiger partial charge in [-0.1, -0.05) is 27.7 Å². The summed E-state index contributed by atoms with van der Waals surface area (Å²) in [6.45, 7) is 0.977. The Hall–Kier alpha value is -1.38. The summed E-state index contributed by atoms with van der Waals surface area (Å²) in [5, 5.41) is 14.5. The summed E-state index contributed by atoms with van der Waals surface area (Å²) in [5.41, 5.74) is 0.759. The second-order valence-corrected chi connectivity index (χ2v) is 6.74. The van der Waals surface area contributed by atoms with Crippen molar-refractivity contribution in [2.45, 2.75) is 24.1 Å². The molecule has 0 spiro atoms. The van der Waals surface area contributed by atoms with Crippen LogP contribution in [0.25, 0.3) is 0 Å². The van der Waals surface area contributed by atoms with Gasteiger partial charge in [0.15, 0.2) is 0 Å². The van der Waals surface area contributed by atoms with Crippen molar-refractivity contribution in [2.24, 2.45) is 0 Å². The van der Waals surface area contributed by atoms with Crippen LogP contribution in [0, 0.1) is 0 Å². The molecule has 3 rings (SSSR count). The van der Waals surface area contributed by atoms with Gasteiger partial charge in [0.1, 0.15) is 0 Å². The second-order valence-electron chi connectivity index (χ2n) is 4.90. The van der Waals surface area contributed by atoms with E-state index in [2.05, 4.69) is 36.8 Å². The van der Waals surface area contributed by atoms with Crippen molar-refractivity contribution in [3.63, 3.8) is 0 Å². The molecule has 0 radical (unpaired) electrons. The van der Waals surface area contributed by atoms with Gasteiger partial charge in [-0.3, -0.25) is 4.79 Å². The van der Waals surface area contributed by atoms with Crippen LogP contribution in [-0.2, 0) is 4.79 Å². The number of nitrogens with one attached hydrogen (secondary N) is 2. The lowest BCUT2D eigenvalue weighted by Crippen LogP contribution is -2.13. The summed E-state index contributed by atoms with van der Waals surface area (Å²) < 4.78 is 6.55. The maximum absolute atomic E-state index is 11.9. The number of aromatic nitrogens is 2. The number of anilines is 1. The van der Waals surface area contributed by atoms with Gasteiger partial charge in [0.2, 0.25) is 11.8 Å². The van der Waals surface area contributed by atoms with E-state index in [1.807, 2.05) is 24.3 Å². The zero-order chi connectivity index (χ0) is 15.4. The van der Waals surface area contributed by atoms with E-state index in [0.29, 0.717) is 11.1 Å². The van der Waals surface area contributed by atoms with E-state index in [1.165, 1.54) is 11.8 Å². The molecular weight excluding hydrogens is 368 g/mol. The van der Waals surface area contributed by atoms with Crippen molar-refractivity contribution in [3.05, 3.63) is 34.6 Å². The van der Waals surface area contributed by atoms with Crippen LogP contribution in [0.1, 0.15) is 24.8 Å². The summed E-state index contributed by atoms with van der Waals surface area (Å²) in [4.78, 5) is 11.9. The number of hydrogen-bond acceptors (Lipinski definition) is 6. The van der Waals surface area contributed by atoms with Crippen molar-refractivity contribution in [1.29, 1.82) is 0 Å². The first-order chi connectivity index (χ1) is 10.7. The number of hydrogen-bond donors (Lipinski definition) is 2. The highest BCUT2D eigenvalue weighted by Crippen LogP contribution is 2.25. The minimum Gasteiger partial charge on any atom is -0.414 e. The molecule has 0 bridgehead atoms. The first-order valence-electron chi connectivity index (χ1n) is 6.96. The molecule has 1 aliphatic rings. The molecule has 0 unspecified atom stereocenters. The molecule has 8 heteroatoms. The van der Waals surface area contributed by atoms with Crippen LogP contribution in [0.5, 0.6) is 0 Å².